The molecule has 0 radical (unpaired) electrons. The highest BCUT2D eigenvalue weighted by Gasteiger charge is 2.03. The summed E-state index contributed by atoms with van der Waals surface area (Å²) in [6, 6.07) is 5.54. The van der Waals surface area contributed by atoms with Crippen molar-refractivity contribution in [1.82, 2.24) is 0 Å². The van der Waals surface area contributed by atoms with E-state index < -0.39 is 10.8 Å². The van der Waals surface area contributed by atoms with Gasteiger partial charge in [0.2, 0.25) is 0 Å². The lowest BCUT2D eigenvalue weighted by molar-refractivity contribution is 0.417. The Morgan fingerprint density at radius 3 is 2.87 bits per heavy atom. The van der Waals surface area contributed by atoms with Crippen molar-refractivity contribution in [2.75, 3.05) is 36.7 Å². The molecule has 4 nitrogen and oxygen atoms in total. The molecule has 0 saturated carbocycles. The molecule has 1 aromatic rings. The first kappa shape index (κ1) is 11.8. The van der Waals surface area contributed by atoms with E-state index in [1.165, 1.54) is 0 Å². The number of para-hydroxylation sites is 1. The SMILES string of the molecule is COc1cccc(NCCS(C)=O)c1N. The summed E-state index contributed by atoms with van der Waals surface area (Å²) in [7, 11) is 0.792. The van der Waals surface area contributed by atoms with Gasteiger partial charge in [-0.1, -0.05) is 6.07 Å². The second-order valence-corrected chi connectivity index (χ2v) is 4.68. The molecule has 1 atom stereocenters. The van der Waals surface area contributed by atoms with Gasteiger partial charge in [-0.2, -0.15) is 0 Å². The Bertz CT molecular complexity index is 355. The summed E-state index contributed by atoms with van der Waals surface area (Å²) in [5.41, 5.74) is 7.25. The van der Waals surface area contributed by atoms with E-state index in [9.17, 15) is 4.21 Å². The van der Waals surface area contributed by atoms with Crippen molar-refractivity contribution in [2.45, 2.75) is 0 Å². The molecule has 0 fully saturated rings. The summed E-state index contributed by atoms with van der Waals surface area (Å²) in [4.78, 5) is 0. The Balaban J connectivity index is 2.64. The van der Waals surface area contributed by atoms with Crippen molar-refractivity contribution < 1.29 is 8.95 Å². The predicted molar refractivity (Wildman–Crippen MR) is 64.8 cm³/mol. The molecule has 0 spiro atoms. The van der Waals surface area contributed by atoms with E-state index in [-0.39, 0.29) is 0 Å². The van der Waals surface area contributed by atoms with Gasteiger partial charge in [-0.15, -0.1) is 0 Å². The van der Waals surface area contributed by atoms with Crippen LogP contribution in [0.2, 0.25) is 0 Å². The summed E-state index contributed by atoms with van der Waals surface area (Å²) in [5.74, 6) is 1.26. The van der Waals surface area contributed by atoms with Crippen LogP contribution in [0.25, 0.3) is 0 Å². The zero-order valence-corrected chi connectivity index (χ0v) is 9.76. The highest BCUT2D eigenvalue weighted by molar-refractivity contribution is 7.84. The first-order chi connectivity index (χ1) is 7.15. The molecule has 0 amide bonds. The van der Waals surface area contributed by atoms with Crippen molar-refractivity contribution >= 4 is 22.2 Å². The van der Waals surface area contributed by atoms with Crippen molar-refractivity contribution in [1.29, 1.82) is 0 Å². The Labute approximate surface area is 92.3 Å². The lowest BCUT2D eigenvalue weighted by Gasteiger charge is -2.11. The van der Waals surface area contributed by atoms with E-state index in [1.807, 2.05) is 12.1 Å². The molecule has 84 valence electrons. The molecule has 1 aromatic carbocycles. The van der Waals surface area contributed by atoms with Gasteiger partial charge in [0.05, 0.1) is 18.5 Å². The number of nitrogens with two attached hydrogens (primary N) is 1. The van der Waals surface area contributed by atoms with Crippen molar-refractivity contribution in [2.24, 2.45) is 0 Å². The molecule has 15 heavy (non-hydrogen) atoms. The Morgan fingerprint density at radius 1 is 1.53 bits per heavy atom. The van der Waals surface area contributed by atoms with Crippen LogP contribution >= 0.6 is 0 Å². The maximum absolute atomic E-state index is 10.9. The van der Waals surface area contributed by atoms with Crippen molar-refractivity contribution in [3.05, 3.63) is 18.2 Å². The number of nitrogen functional groups attached to an aromatic ring is 1. The number of hydrogen-bond donors (Lipinski definition) is 2. The summed E-state index contributed by atoms with van der Waals surface area (Å²) in [6.45, 7) is 0.639. The topological polar surface area (TPSA) is 64.3 Å². The lowest BCUT2D eigenvalue weighted by Crippen LogP contribution is -2.11. The standard InChI is InChI=1S/C10H16N2O2S/c1-14-9-5-3-4-8(10(9)11)12-6-7-15(2)13/h3-5,12H,6-7,11H2,1-2H3. The second-order valence-electron chi connectivity index (χ2n) is 3.13. The monoisotopic (exact) mass is 228 g/mol. The van der Waals surface area contributed by atoms with E-state index in [0.29, 0.717) is 23.7 Å². The van der Waals surface area contributed by atoms with Gasteiger partial charge in [0.25, 0.3) is 0 Å². The molecule has 1 unspecified atom stereocenters. The molecule has 0 bridgehead atoms. The van der Waals surface area contributed by atoms with E-state index in [2.05, 4.69) is 5.32 Å². The van der Waals surface area contributed by atoms with Crippen LogP contribution in [0, 0.1) is 0 Å². The molecule has 0 aliphatic heterocycles. The van der Waals surface area contributed by atoms with Gasteiger partial charge in [-0.05, 0) is 12.1 Å². The van der Waals surface area contributed by atoms with E-state index in [1.54, 1.807) is 19.4 Å². The molecule has 0 aliphatic carbocycles. The van der Waals surface area contributed by atoms with Crippen LogP contribution < -0.4 is 15.8 Å². The Morgan fingerprint density at radius 2 is 2.27 bits per heavy atom. The normalized spacial score (nSPS) is 12.1. The van der Waals surface area contributed by atoms with Crippen LogP contribution in [0.1, 0.15) is 0 Å². The fourth-order valence-corrected chi connectivity index (χ4v) is 1.60. The number of hydrogen-bond acceptors (Lipinski definition) is 4. The molecule has 0 saturated heterocycles. The van der Waals surface area contributed by atoms with Gasteiger partial charge in [0.15, 0.2) is 0 Å². The third-order valence-corrected chi connectivity index (χ3v) is 2.77. The molecule has 5 heteroatoms. The Kier molecular flexibility index (Phi) is 4.42. The minimum Gasteiger partial charge on any atom is -0.495 e. The number of rotatable bonds is 5. The number of benzene rings is 1. The van der Waals surface area contributed by atoms with Crippen LogP contribution in [-0.2, 0) is 10.8 Å². The average molecular weight is 228 g/mol. The second kappa shape index (κ2) is 5.60. The third-order valence-electron chi connectivity index (χ3n) is 1.99. The summed E-state index contributed by atoms with van der Waals surface area (Å²) >= 11 is 0. The zero-order chi connectivity index (χ0) is 11.3. The van der Waals surface area contributed by atoms with Crippen molar-refractivity contribution in [3.8, 4) is 5.75 Å². The van der Waals surface area contributed by atoms with Gasteiger partial charge >= 0.3 is 0 Å². The molecular weight excluding hydrogens is 212 g/mol. The van der Waals surface area contributed by atoms with Crippen LogP contribution in [0.3, 0.4) is 0 Å². The molecular formula is C10H16N2O2S. The van der Waals surface area contributed by atoms with Crippen LogP contribution in [0.4, 0.5) is 11.4 Å². The quantitative estimate of drug-likeness (QED) is 0.740. The first-order valence-electron chi connectivity index (χ1n) is 4.61. The maximum Gasteiger partial charge on any atom is 0.143 e. The third kappa shape index (κ3) is 3.43. The van der Waals surface area contributed by atoms with Gasteiger partial charge in [0, 0.05) is 29.4 Å². The van der Waals surface area contributed by atoms with Gasteiger partial charge in [0.1, 0.15) is 5.75 Å². The van der Waals surface area contributed by atoms with Crippen LogP contribution in [0.5, 0.6) is 5.75 Å². The van der Waals surface area contributed by atoms with Gasteiger partial charge in [-0.3, -0.25) is 4.21 Å². The summed E-state index contributed by atoms with van der Waals surface area (Å²) in [6.07, 6.45) is 1.68. The van der Waals surface area contributed by atoms with Crippen LogP contribution in [0.15, 0.2) is 18.2 Å². The highest BCUT2D eigenvalue weighted by atomic mass is 32.2. The zero-order valence-electron chi connectivity index (χ0n) is 8.95. The van der Waals surface area contributed by atoms with Gasteiger partial charge < -0.3 is 15.8 Å². The smallest absolute Gasteiger partial charge is 0.143 e. The molecule has 0 heterocycles. The first-order valence-corrected chi connectivity index (χ1v) is 6.34. The lowest BCUT2D eigenvalue weighted by atomic mass is 10.2. The summed E-state index contributed by atoms with van der Waals surface area (Å²) < 4.78 is 15.9. The minimum atomic E-state index is -0.788. The molecule has 3 N–H and O–H groups in total. The predicted octanol–water partition coefficient (Wildman–Crippen LogP) is 1.07. The fraction of sp³-hybridized carbons (Fsp3) is 0.400. The number of methoxy groups -OCH3 is 1. The fourth-order valence-electron chi connectivity index (χ4n) is 1.21. The summed E-state index contributed by atoms with van der Waals surface area (Å²) in [5, 5.41) is 3.12. The van der Waals surface area contributed by atoms with E-state index in [0.717, 1.165) is 5.69 Å². The Hall–Kier alpha value is -1.23. The molecule has 0 aromatic heterocycles. The van der Waals surface area contributed by atoms with Crippen LogP contribution in [-0.4, -0.2) is 29.9 Å². The number of anilines is 2. The molecule has 1 rings (SSSR count). The average Bonchev–Trinajstić information content (AvgIpc) is 2.20. The largest absolute Gasteiger partial charge is 0.495 e. The number of nitrogens with one attached hydrogen (secondary N) is 1. The highest BCUT2D eigenvalue weighted by Crippen LogP contribution is 2.28. The van der Waals surface area contributed by atoms with Crippen molar-refractivity contribution in [3.63, 3.8) is 0 Å². The minimum absolute atomic E-state index is 0.585. The molecule has 0 aliphatic rings. The van der Waals surface area contributed by atoms with E-state index >= 15 is 0 Å². The van der Waals surface area contributed by atoms with Gasteiger partial charge in [-0.25, -0.2) is 0 Å². The maximum atomic E-state index is 10.9. The number of ether oxygens (including phenoxy) is 1. The van der Waals surface area contributed by atoms with E-state index in [4.69, 9.17) is 10.5 Å².